The second kappa shape index (κ2) is 5.47. The lowest BCUT2D eigenvalue weighted by atomic mass is 9.74. The van der Waals surface area contributed by atoms with Gasteiger partial charge in [0.15, 0.2) is 0 Å². The van der Waals surface area contributed by atoms with Crippen molar-refractivity contribution in [2.75, 3.05) is 18.4 Å². The number of nitrogens with one attached hydrogen (secondary N) is 1. The second-order valence-corrected chi connectivity index (χ2v) is 7.87. The first-order chi connectivity index (χ1) is 10.7. The van der Waals surface area contributed by atoms with Gasteiger partial charge in [0.2, 0.25) is 5.91 Å². The molecule has 0 aliphatic carbocycles. The number of aromatic nitrogens is 1. The van der Waals surface area contributed by atoms with Gasteiger partial charge in [0.25, 0.3) is 0 Å². The molecule has 2 aliphatic rings. The first-order valence-electron chi connectivity index (χ1n) is 7.67. The van der Waals surface area contributed by atoms with Gasteiger partial charge in [0.1, 0.15) is 10.2 Å². The minimum absolute atomic E-state index is 0.00348. The quantitative estimate of drug-likeness (QED) is 0.700. The molecule has 0 radical (unpaired) electrons. The molecule has 6 nitrogen and oxygen atoms in total. The van der Waals surface area contributed by atoms with Crippen LogP contribution in [0.2, 0.25) is 0 Å². The van der Waals surface area contributed by atoms with Gasteiger partial charge in [0, 0.05) is 13.1 Å². The van der Waals surface area contributed by atoms with Crippen LogP contribution in [0.1, 0.15) is 39.2 Å². The molecule has 23 heavy (non-hydrogen) atoms. The van der Waals surface area contributed by atoms with Crippen LogP contribution in [0.3, 0.4) is 0 Å². The summed E-state index contributed by atoms with van der Waals surface area (Å²) in [4.78, 5) is 30.6. The molecular weight excluding hydrogens is 362 g/mol. The fourth-order valence-electron chi connectivity index (χ4n) is 3.18. The summed E-state index contributed by atoms with van der Waals surface area (Å²) >= 11 is 3.37. The molecule has 1 aromatic rings. The third-order valence-corrected chi connectivity index (χ3v) is 4.77. The van der Waals surface area contributed by atoms with Crippen molar-refractivity contribution in [3.8, 4) is 0 Å². The van der Waals surface area contributed by atoms with Crippen molar-refractivity contribution in [1.29, 1.82) is 0 Å². The zero-order valence-corrected chi connectivity index (χ0v) is 15.1. The number of piperidine rings is 1. The summed E-state index contributed by atoms with van der Waals surface area (Å²) < 4.78 is 6.12. The van der Waals surface area contributed by atoms with E-state index in [1.54, 1.807) is 11.1 Å². The predicted molar refractivity (Wildman–Crippen MR) is 89.3 cm³/mol. The van der Waals surface area contributed by atoms with E-state index in [1.165, 1.54) is 0 Å². The first kappa shape index (κ1) is 16.2. The predicted octanol–water partition coefficient (Wildman–Crippen LogP) is 3.06. The summed E-state index contributed by atoms with van der Waals surface area (Å²) in [6.07, 6.45) is 2.52. The molecular formula is C16H20BrN3O3. The molecule has 124 valence electrons. The van der Waals surface area contributed by atoms with E-state index in [0.29, 0.717) is 30.5 Å². The highest BCUT2D eigenvalue weighted by Gasteiger charge is 2.49. The minimum atomic E-state index is -0.570. The third kappa shape index (κ3) is 2.94. The number of fused-ring (bicyclic) bond motifs is 2. The van der Waals surface area contributed by atoms with Crippen LogP contribution in [0.25, 0.3) is 0 Å². The van der Waals surface area contributed by atoms with Gasteiger partial charge in [-0.3, -0.25) is 4.79 Å². The molecule has 0 saturated carbocycles. The fourth-order valence-corrected chi connectivity index (χ4v) is 3.51. The molecule has 7 heteroatoms. The number of pyridine rings is 1. The van der Waals surface area contributed by atoms with Crippen LogP contribution in [0, 0.1) is 0 Å². The van der Waals surface area contributed by atoms with E-state index in [2.05, 4.69) is 26.2 Å². The topological polar surface area (TPSA) is 71.5 Å². The zero-order chi connectivity index (χ0) is 16.8. The van der Waals surface area contributed by atoms with Gasteiger partial charge in [-0.05, 0) is 61.2 Å². The molecule has 1 N–H and O–H groups in total. The average Bonchev–Trinajstić information content (AvgIpc) is 2.71. The third-order valence-electron chi connectivity index (χ3n) is 4.34. The maximum Gasteiger partial charge on any atom is 0.410 e. The molecule has 1 fully saturated rings. The van der Waals surface area contributed by atoms with Crippen molar-refractivity contribution in [2.24, 2.45) is 0 Å². The Bertz CT molecular complexity index is 661. The monoisotopic (exact) mass is 381 g/mol. The van der Waals surface area contributed by atoms with E-state index in [9.17, 15) is 9.59 Å². The molecule has 3 heterocycles. The van der Waals surface area contributed by atoms with Gasteiger partial charge in [-0.25, -0.2) is 9.78 Å². The molecule has 1 saturated heterocycles. The number of rotatable bonds is 0. The van der Waals surface area contributed by atoms with E-state index in [4.69, 9.17) is 4.74 Å². The number of anilines is 1. The van der Waals surface area contributed by atoms with Gasteiger partial charge in [-0.1, -0.05) is 0 Å². The van der Waals surface area contributed by atoms with Crippen molar-refractivity contribution in [3.05, 3.63) is 22.4 Å². The van der Waals surface area contributed by atoms with Gasteiger partial charge >= 0.3 is 6.09 Å². The highest BCUT2D eigenvalue weighted by molar-refractivity contribution is 9.10. The number of likely N-dealkylation sites (tertiary alicyclic amines) is 1. The number of halogens is 1. The number of nitrogens with zero attached hydrogens (tertiary/aromatic N) is 2. The summed E-state index contributed by atoms with van der Waals surface area (Å²) in [6, 6.07) is 1.90. The van der Waals surface area contributed by atoms with Crippen molar-refractivity contribution >= 4 is 33.6 Å². The van der Waals surface area contributed by atoms with Crippen LogP contribution < -0.4 is 5.32 Å². The minimum Gasteiger partial charge on any atom is -0.444 e. The Morgan fingerprint density at radius 3 is 2.65 bits per heavy atom. The first-order valence-corrected chi connectivity index (χ1v) is 8.46. The normalized spacial score (nSPS) is 19.5. The maximum atomic E-state index is 12.5. The summed E-state index contributed by atoms with van der Waals surface area (Å²) in [5, 5.41) is 2.91. The van der Waals surface area contributed by atoms with Crippen molar-refractivity contribution in [2.45, 2.75) is 44.6 Å². The molecule has 0 unspecified atom stereocenters. The Morgan fingerprint density at radius 1 is 1.39 bits per heavy atom. The molecule has 1 spiro atoms. The zero-order valence-electron chi connectivity index (χ0n) is 13.5. The standard InChI is InChI=1S/C16H20BrN3O3/c1-15(2,3)23-14(22)20-6-4-16(5-7-20)10-8-12(17)18-9-11(10)19-13(16)21/h8-9H,4-7H2,1-3H3,(H,19,21). The lowest BCUT2D eigenvalue weighted by molar-refractivity contribution is -0.122. The number of carbonyl (C=O) groups is 2. The lowest BCUT2D eigenvalue weighted by Gasteiger charge is -2.38. The molecule has 0 aromatic carbocycles. The fraction of sp³-hybridized carbons (Fsp3) is 0.562. The highest BCUT2D eigenvalue weighted by atomic mass is 79.9. The Morgan fingerprint density at radius 2 is 2.04 bits per heavy atom. The van der Waals surface area contributed by atoms with Crippen LogP contribution >= 0.6 is 15.9 Å². The molecule has 2 aliphatic heterocycles. The largest absolute Gasteiger partial charge is 0.444 e. The smallest absolute Gasteiger partial charge is 0.410 e. The lowest BCUT2D eigenvalue weighted by Crippen LogP contribution is -2.49. The summed E-state index contributed by atoms with van der Waals surface area (Å²) in [6.45, 7) is 6.55. The Hall–Kier alpha value is -1.63. The second-order valence-electron chi connectivity index (χ2n) is 7.06. The number of hydrogen-bond donors (Lipinski definition) is 1. The Balaban J connectivity index is 1.78. The molecule has 2 amide bonds. The summed E-state index contributed by atoms with van der Waals surface area (Å²) in [7, 11) is 0. The Kier molecular flexibility index (Phi) is 3.86. The molecule has 1 aromatic heterocycles. The van der Waals surface area contributed by atoms with Crippen LogP contribution in [0.4, 0.5) is 10.5 Å². The molecule has 0 bridgehead atoms. The van der Waals surface area contributed by atoms with Gasteiger partial charge in [0.05, 0.1) is 17.3 Å². The summed E-state index contributed by atoms with van der Waals surface area (Å²) in [5.74, 6) is -0.00348. The van der Waals surface area contributed by atoms with E-state index in [0.717, 1.165) is 11.3 Å². The summed E-state index contributed by atoms with van der Waals surface area (Å²) in [5.41, 5.74) is 0.650. The van der Waals surface area contributed by atoms with E-state index < -0.39 is 11.0 Å². The van der Waals surface area contributed by atoms with Crippen LogP contribution in [-0.2, 0) is 14.9 Å². The number of ether oxygens (including phenoxy) is 1. The average molecular weight is 382 g/mol. The number of carbonyl (C=O) groups excluding carboxylic acids is 2. The van der Waals surface area contributed by atoms with E-state index >= 15 is 0 Å². The SMILES string of the molecule is CC(C)(C)OC(=O)N1CCC2(CC1)C(=O)Nc1cnc(Br)cc12. The van der Waals surface area contributed by atoms with Crippen LogP contribution in [0.15, 0.2) is 16.9 Å². The number of hydrogen-bond acceptors (Lipinski definition) is 4. The molecule has 3 rings (SSSR count). The van der Waals surface area contributed by atoms with E-state index in [1.807, 2.05) is 26.8 Å². The van der Waals surface area contributed by atoms with Gasteiger partial charge in [-0.2, -0.15) is 0 Å². The van der Waals surface area contributed by atoms with Crippen LogP contribution in [-0.4, -0.2) is 40.6 Å². The van der Waals surface area contributed by atoms with Crippen molar-refractivity contribution < 1.29 is 14.3 Å². The van der Waals surface area contributed by atoms with Crippen molar-refractivity contribution in [1.82, 2.24) is 9.88 Å². The van der Waals surface area contributed by atoms with Crippen LogP contribution in [0.5, 0.6) is 0 Å². The van der Waals surface area contributed by atoms with Gasteiger partial charge < -0.3 is 15.0 Å². The van der Waals surface area contributed by atoms with Crippen molar-refractivity contribution in [3.63, 3.8) is 0 Å². The molecule has 0 atom stereocenters. The highest BCUT2D eigenvalue weighted by Crippen LogP contribution is 2.45. The van der Waals surface area contributed by atoms with E-state index in [-0.39, 0.29) is 12.0 Å². The van der Waals surface area contributed by atoms with Gasteiger partial charge in [-0.15, -0.1) is 0 Å². The Labute approximate surface area is 143 Å². The number of amides is 2. The maximum absolute atomic E-state index is 12.5.